The number of nitrogens with zero attached hydrogens (tertiary/aromatic N) is 2. The summed E-state index contributed by atoms with van der Waals surface area (Å²) < 4.78 is 11.0. The third kappa shape index (κ3) is 5.45. The fraction of sp³-hybridized carbons (Fsp3) is 0.154. The largest absolute Gasteiger partial charge is 0.460 e. The Balaban J connectivity index is 1.30. The maximum absolute atomic E-state index is 5.50. The van der Waals surface area contributed by atoms with Gasteiger partial charge in [-0.2, -0.15) is 0 Å². The Bertz CT molecular complexity index is 1050. The van der Waals surface area contributed by atoms with E-state index in [4.69, 9.17) is 8.83 Å². The van der Waals surface area contributed by atoms with Crippen LogP contribution < -0.4 is 0 Å². The van der Waals surface area contributed by atoms with E-state index >= 15 is 0 Å². The highest BCUT2D eigenvalue weighted by molar-refractivity contribution is 5.79. The molecule has 0 aliphatic heterocycles. The first-order valence-corrected chi connectivity index (χ1v) is 10.0. The molecule has 4 nitrogen and oxygen atoms in total. The molecule has 0 saturated carbocycles. The molecule has 0 spiro atoms. The second kappa shape index (κ2) is 9.23. The van der Waals surface area contributed by atoms with Crippen molar-refractivity contribution >= 4 is 23.8 Å². The normalized spacial score (nSPS) is 11.7. The summed E-state index contributed by atoms with van der Waals surface area (Å²) in [7, 11) is 0. The van der Waals surface area contributed by atoms with E-state index in [0.29, 0.717) is 0 Å². The second-order valence-corrected chi connectivity index (χ2v) is 7.25. The van der Waals surface area contributed by atoms with Gasteiger partial charge in [-0.3, -0.25) is 9.98 Å². The average molecular weight is 396 g/mol. The smallest absolute Gasteiger partial charge is 0.145 e. The van der Waals surface area contributed by atoms with Gasteiger partial charge in [0.25, 0.3) is 0 Å². The van der Waals surface area contributed by atoms with Crippen molar-refractivity contribution in [2.24, 2.45) is 9.98 Å². The van der Waals surface area contributed by atoms with Gasteiger partial charge in [-0.15, -0.1) is 0 Å². The van der Waals surface area contributed by atoms with Crippen molar-refractivity contribution in [2.75, 3.05) is 0 Å². The van der Waals surface area contributed by atoms with Gasteiger partial charge < -0.3 is 8.83 Å². The van der Waals surface area contributed by atoms with E-state index < -0.39 is 0 Å². The van der Waals surface area contributed by atoms with Crippen LogP contribution in [0.2, 0.25) is 0 Å². The highest BCUT2D eigenvalue weighted by Gasteiger charge is 1.99. The number of furan rings is 2. The Kier molecular flexibility index (Phi) is 6.04. The molecule has 150 valence electrons. The van der Waals surface area contributed by atoms with Gasteiger partial charge >= 0.3 is 0 Å². The van der Waals surface area contributed by atoms with Crippen molar-refractivity contribution < 1.29 is 8.83 Å². The molecule has 0 bridgehead atoms. The third-order valence-electron chi connectivity index (χ3n) is 4.78. The standard InChI is InChI=1S/C26H24N2O2/c1-19-3-15-25(29-19)17-27-23-11-7-21(8-12-23)5-6-22-9-13-24(14-10-22)28-18-26-16-4-20(2)30-26/h3-4,7-18H,5-6H2,1-2H3. The minimum absolute atomic E-state index is 0.767. The van der Waals surface area contributed by atoms with Crippen molar-refractivity contribution in [3.05, 3.63) is 107 Å². The lowest BCUT2D eigenvalue weighted by Gasteiger charge is -2.03. The summed E-state index contributed by atoms with van der Waals surface area (Å²) in [5.41, 5.74) is 4.42. The summed E-state index contributed by atoms with van der Waals surface area (Å²) in [6, 6.07) is 24.4. The predicted octanol–water partition coefficient (Wildman–Crippen LogP) is 6.78. The summed E-state index contributed by atoms with van der Waals surface area (Å²) in [5.74, 6) is 3.31. The molecule has 0 radical (unpaired) electrons. The van der Waals surface area contributed by atoms with Crippen LogP contribution >= 0.6 is 0 Å². The zero-order chi connectivity index (χ0) is 20.8. The maximum Gasteiger partial charge on any atom is 0.145 e. The first kappa shape index (κ1) is 19.6. The summed E-state index contributed by atoms with van der Waals surface area (Å²) >= 11 is 0. The molecule has 0 aliphatic carbocycles. The van der Waals surface area contributed by atoms with Crippen molar-refractivity contribution in [3.63, 3.8) is 0 Å². The van der Waals surface area contributed by atoms with Crippen LogP contribution in [0.3, 0.4) is 0 Å². The number of hydrogen-bond donors (Lipinski definition) is 0. The Morgan fingerprint density at radius 1 is 0.567 bits per heavy atom. The molecule has 4 aromatic rings. The molecular weight excluding hydrogens is 372 g/mol. The van der Waals surface area contributed by atoms with Gasteiger partial charge in [-0.25, -0.2) is 0 Å². The van der Waals surface area contributed by atoms with Crippen LogP contribution in [0, 0.1) is 13.8 Å². The number of aryl methyl sites for hydroxylation is 4. The Morgan fingerprint density at radius 2 is 0.967 bits per heavy atom. The molecular formula is C26H24N2O2. The molecule has 4 heteroatoms. The van der Waals surface area contributed by atoms with Crippen LogP contribution in [-0.4, -0.2) is 12.4 Å². The SMILES string of the molecule is Cc1ccc(C=Nc2ccc(CCc3ccc(N=Cc4ccc(C)o4)cc3)cc2)o1. The van der Waals surface area contributed by atoms with Gasteiger partial charge in [0.05, 0.1) is 23.8 Å². The molecule has 2 aromatic heterocycles. The van der Waals surface area contributed by atoms with Gasteiger partial charge in [-0.05, 0) is 86.3 Å². The summed E-state index contributed by atoms with van der Waals surface area (Å²) in [6.07, 6.45) is 5.46. The fourth-order valence-electron chi connectivity index (χ4n) is 3.11. The zero-order valence-electron chi connectivity index (χ0n) is 17.2. The molecule has 30 heavy (non-hydrogen) atoms. The predicted molar refractivity (Wildman–Crippen MR) is 122 cm³/mol. The van der Waals surface area contributed by atoms with Crippen LogP contribution in [0.1, 0.15) is 34.2 Å². The van der Waals surface area contributed by atoms with Crippen LogP contribution in [-0.2, 0) is 12.8 Å². The van der Waals surface area contributed by atoms with Crippen molar-refractivity contribution in [3.8, 4) is 0 Å². The quantitative estimate of drug-likeness (QED) is 0.323. The average Bonchev–Trinajstić information content (AvgIpc) is 3.38. The minimum atomic E-state index is 0.767. The van der Waals surface area contributed by atoms with E-state index in [1.807, 2.05) is 62.4 Å². The van der Waals surface area contributed by atoms with Crippen LogP contribution in [0.15, 0.2) is 91.6 Å². The Hall–Kier alpha value is -3.66. The lowest BCUT2D eigenvalue weighted by atomic mass is 10.0. The summed E-state index contributed by atoms with van der Waals surface area (Å²) in [6.45, 7) is 3.85. The number of benzene rings is 2. The molecule has 0 N–H and O–H groups in total. The third-order valence-corrected chi connectivity index (χ3v) is 4.78. The van der Waals surface area contributed by atoms with Crippen molar-refractivity contribution in [1.82, 2.24) is 0 Å². The lowest BCUT2D eigenvalue weighted by Crippen LogP contribution is -1.90. The van der Waals surface area contributed by atoms with E-state index in [1.165, 1.54) is 11.1 Å². The summed E-state index contributed by atoms with van der Waals surface area (Å²) in [5, 5.41) is 0. The summed E-state index contributed by atoms with van der Waals surface area (Å²) in [4.78, 5) is 8.92. The Morgan fingerprint density at radius 3 is 1.30 bits per heavy atom. The molecule has 0 atom stereocenters. The molecule has 0 fully saturated rings. The van der Waals surface area contributed by atoms with E-state index in [2.05, 4.69) is 34.3 Å². The van der Waals surface area contributed by atoms with Gasteiger partial charge in [0.2, 0.25) is 0 Å². The van der Waals surface area contributed by atoms with Crippen molar-refractivity contribution in [2.45, 2.75) is 26.7 Å². The molecule has 4 rings (SSSR count). The van der Waals surface area contributed by atoms with Crippen molar-refractivity contribution in [1.29, 1.82) is 0 Å². The molecule has 0 unspecified atom stereocenters. The second-order valence-electron chi connectivity index (χ2n) is 7.25. The zero-order valence-corrected chi connectivity index (χ0v) is 17.2. The maximum atomic E-state index is 5.50. The molecule has 2 aromatic carbocycles. The highest BCUT2D eigenvalue weighted by atomic mass is 16.3. The fourth-order valence-corrected chi connectivity index (χ4v) is 3.11. The minimum Gasteiger partial charge on any atom is -0.460 e. The number of hydrogen-bond acceptors (Lipinski definition) is 4. The first-order chi connectivity index (χ1) is 14.6. The number of rotatable bonds is 7. The Labute approximate surface area is 176 Å². The topological polar surface area (TPSA) is 51.0 Å². The molecule has 0 saturated heterocycles. The van der Waals surface area contributed by atoms with Crippen LogP contribution in [0.4, 0.5) is 11.4 Å². The lowest BCUT2D eigenvalue weighted by molar-refractivity contribution is 0.527. The van der Waals surface area contributed by atoms with E-state index in [-0.39, 0.29) is 0 Å². The number of aliphatic imine (C=N–C) groups is 2. The van der Waals surface area contributed by atoms with E-state index in [9.17, 15) is 0 Å². The van der Waals surface area contributed by atoms with E-state index in [0.717, 1.165) is 47.3 Å². The molecule has 2 heterocycles. The van der Waals surface area contributed by atoms with Crippen LogP contribution in [0.5, 0.6) is 0 Å². The molecule has 0 aliphatic rings. The van der Waals surface area contributed by atoms with Crippen LogP contribution in [0.25, 0.3) is 0 Å². The van der Waals surface area contributed by atoms with Gasteiger partial charge in [0.1, 0.15) is 23.0 Å². The van der Waals surface area contributed by atoms with Gasteiger partial charge in [-0.1, -0.05) is 24.3 Å². The van der Waals surface area contributed by atoms with Gasteiger partial charge in [0, 0.05) is 0 Å². The van der Waals surface area contributed by atoms with Gasteiger partial charge in [0.15, 0.2) is 0 Å². The van der Waals surface area contributed by atoms with E-state index in [1.54, 1.807) is 12.4 Å². The first-order valence-electron chi connectivity index (χ1n) is 10.0. The molecule has 0 amide bonds. The monoisotopic (exact) mass is 396 g/mol. The highest BCUT2D eigenvalue weighted by Crippen LogP contribution is 2.18.